The molecule has 0 saturated heterocycles. The van der Waals surface area contributed by atoms with Gasteiger partial charge in [0.1, 0.15) is 5.75 Å². The summed E-state index contributed by atoms with van der Waals surface area (Å²) in [6.45, 7) is 3.67. The molecular weight excluding hydrogens is 381 g/mol. The van der Waals surface area contributed by atoms with Crippen molar-refractivity contribution in [1.29, 1.82) is 0 Å². The molecule has 0 aromatic heterocycles. The van der Waals surface area contributed by atoms with Crippen molar-refractivity contribution in [3.05, 3.63) is 64.1 Å². The van der Waals surface area contributed by atoms with Crippen LogP contribution in [0.3, 0.4) is 0 Å². The highest BCUT2D eigenvalue weighted by atomic mass is 35.5. The largest absolute Gasteiger partial charge is 0.309 e. The van der Waals surface area contributed by atoms with Crippen LogP contribution in [0.1, 0.15) is 19.4 Å². The van der Waals surface area contributed by atoms with Gasteiger partial charge >= 0.3 is 0 Å². The Kier molecular flexibility index (Phi) is 6.49. The molecule has 0 N–H and O–H groups in total. The molecule has 0 aliphatic rings. The second-order valence-corrected chi connectivity index (χ2v) is 8.80. The minimum atomic E-state index is -3.73. The van der Waals surface area contributed by atoms with Gasteiger partial charge in [-0.2, -0.15) is 0 Å². The zero-order valence-electron chi connectivity index (χ0n) is 13.9. The molecule has 0 bridgehead atoms. The minimum absolute atomic E-state index is 0.172. The van der Waals surface area contributed by atoms with Crippen LogP contribution in [0.2, 0.25) is 10.0 Å². The lowest BCUT2D eigenvalue weighted by atomic mass is 10.2. The number of hydrogen-bond donors (Lipinski definition) is 0. The van der Waals surface area contributed by atoms with Crippen LogP contribution >= 0.6 is 23.2 Å². The van der Waals surface area contributed by atoms with Crippen molar-refractivity contribution in [2.75, 3.05) is 10.7 Å². The summed E-state index contributed by atoms with van der Waals surface area (Å²) in [6, 6.07) is 13.6. The first-order valence-electron chi connectivity index (χ1n) is 7.71. The third-order valence-electron chi connectivity index (χ3n) is 3.59. The van der Waals surface area contributed by atoms with E-state index in [-0.39, 0.29) is 21.8 Å². The van der Waals surface area contributed by atoms with Gasteiger partial charge < -0.3 is 4.90 Å². The molecule has 1 amide bonds. The number of benzene rings is 2. The Morgan fingerprint density at radius 2 is 1.56 bits per heavy atom. The normalized spacial score (nSPS) is 11.6. The summed E-state index contributed by atoms with van der Waals surface area (Å²) in [6.07, 6.45) is 0. The Bertz CT molecular complexity index is 832. The summed E-state index contributed by atoms with van der Waals surface area (Å²) in [7, 11) is -3.73. The number of hydrogen-bond acceptors (Lipinski definition) is 3. The SMILES string of the molecule is CC(C)N(C(=O)CS(=O)(=O)Cc1c(Cl)cccc1Cl)c1ccccc1. The minimum Gasteiger partial charge on any atom is -0.309 e. The van der Waals surface area contributed by atoms with Gasteiger partial charge in [0.05, 0.1) is 5.75 Å². The average molecular weight is 400 g/mol. The second-order valence-electron chi connectivity index (χ2n) is 5.93. The maximum Gasteiger partial charge on any atom is 0.242 e. The van der Waals surface area contributed by atoms with E-state index in [1.807, 2.05) is 19.9 Å². The van der Waals surface area contributed by atoms with Crippen LogP contribution in [0.4, 0.5) is 5.69 Å². The number of rotatable bonds is 6. The predicted octanol–water partition coefficient (Wildman–Crippen LogP) is 4.35. The molecule has 0 fully saturated rings. The summed E-state index contributed by atoms with van der Waals surface area (Å²) >= 11 is 12.1. The van der Waals surface area contributed by atoms with E-state index in [9.17, 15) is 13.2 Å². The number of amides is 1. The lowest BCUT2D eigenvalue weighted by molar-refractivity contribution is -0.116. The van der Waals surface area contributed by atoms with E-state index in [1.54, 1.807) is 42.5 Å². The number of carbonyl (C=O) groups excluding carboxylic acids is 1. The Labute approximate surface area is 158 Å². The van der Waals surface area contributed by atoms with Crippen molar-refractivity contribution in [2.24, 2.45) is 0 Å². The first kappa shape index (κ1) is 19.8. The van der Waals surface area contributed by atoms with Crippen LogP contribution in [0, 0.1) is 0 Å². The third-order valence-corrected chi connectivity index (χ3v) is 5.71. The summed E-state index contributed by atoms with van der Waals surface area (Å²) in [5, 5.41) is 0.541. The van der Waals surface area contributed by atoms with Crippen molar-refractivity contribution in [3.63, 3.8) is 0 Å². The molecule has 0 saturated carbocycles. The molecule has 4 nitrogen and oxygen atoms in total. The zero-order valence-corrected chi connectivity index (χ0v) is 16.3. The van der Waals surface area contributed by atoms with E-state index in [4.69, 9.17) is 23.2 Å². The molecule has 0 aliphatic carbocycles. The van der Waals surface area contributed by atoms with Crippen molar-refractivity contribution >= 4 is 44.6 Å². The number of carbonyl (C=O) groups is 1. The summed E-state index contributed by atoms with van der Waals surface area (Å²) in [5.41, 5.74) is 0.975. The lowest BCUT2D eigenvalue weighted by Gasteiger charge is -2.27. The number of sulfone groups is 1. The summed E-state index contributed by atoms with van der Waals surface area (Å²) < 4.78 is 25.0. The Morgan fingerprint density at radius 3 is 2.08 bits per heavy atom. The van der Waals surface area contributed by atoms with Crippen LogP contribution in [-0.2, 0) is 20.4 Å². The standard InChI is InChI=1S/C18H19Cl2NO3S/c1-13(2)21(14-7-4-3-5-8-14)18(22)12-25(23,24)11-15-16(19)9-6-10-17(15)20/h3-10,13H,11-12H2,1-2H3. The molecule has 0 unspecified atom stereocenters. The predicted molar refractivity (Wildman–Crippen MR) is 103 cm³/mol. The van der Waals surface area contributed by atoms with Crippen LogP contribution in [0.15, 0.2) is 48.5 Å². The molecular formula is C18H19Cl2NO3S. The molecule has 134 valence electrons. The van der Waals surface area contributed by atoms with Gasteiger partial charge in [-0.05, 0) is 38.1 Å². The maximum atomic E-state index is 12.6. The third kappa shape index (κ3) is 5.21. The molecule has 0 spiro atoms. The Morgan fingerprint density at radius 1 is 1.00 bits per heavy atom. The Balaban J connectivity index is 2.22. The first-order valence-corrected chi connectivity index (χ1v) is 10.3. The van der Waals surface area contributed by atoms with Gasteiger partial charge in [-0.3, -0.25) is 4.79 Å². The molecule has 2 rings (SSSR count). The van der Waals surface area contributed by atoms with Gasteiger partial charge in [-0.25, -0.2) is 8.42 Å². The molecule has 25 heavy (non-hydrogen) atoms. The van der Waals surface area contributed by atoms with Crippen LogP contribution in [0.5, 0.6) is 0 Å². The van der Waals surface area contributed by atoms with Gasteiger partial charge in [0.15, 0.2) is 9.84 Å². The van der Waals surface area contributed by atoms with Gasteiger partial charge in [0.2, 0.25) is 5.91 Å². The molecule has 0 radical (unpaired) electrons. The zero-order chi connectivity index (χ0) is 18.6. The number of halogens is 2. The summed E-state index contributed by atoms with van der Waals surface area (Å²) in [5.74, 6) is -1.47. The van der Waals surface area contributed by atoms with Crippen molar-refractivity contribution in [1.82, 2.24) is 0 Å². The van der Waals surface area contributed by atoms with Crippen molar-refractivity contribution in [3.8, 4) is 0 Å². The number of anilines is 1. The highest BCUT2D eigenvalue weighted by Gasteiger charge is 2.26. The molecule has 0 atom stereocenters. The Hall–Kier alpha value is -1.56. The lowest BCUT2D eigenvalue weighted by Crippen LogP contribution is -2.40. The van der Waals surface area contributed by atoms with E-state index in [0.717, 1.165) is 0 Å². The maximum absolute atomic E-state index is 12.6. The summed E-state index contributed by atoms with van der Waals surface area (Å²) in [4.78, 5) is 14.1. The average Bonchev–Trinajstić information content (AvgIpc) is 2.51. The van der Waals surface area contributed by atoms with Crippen molar-refractivity contribution < 1.29 is 13.2 Å². The second kappa shape index (κ2) is 8.21. The van der Waals surface area contributed by atoms with E-state index >= 15 is 0 Å². The van der Waals surface area contributed by atoms with E-state index in [0.29, 0.717) is 11.3 Å². The van der Waals surface area contributed by atoms with Gasteiger partial charge in [-0.15, -0.1) is 0 Å². The van der Waals surface area contributed by atoms with Crippen LogP contribution in [-0.4, -0.2) is 26.1 Å². The molecule has 0 aliphatic heterocycles. The molecule has 0 heterocycles. The topological polar surface area (TPSA) is 54.5 Å². The van der Waals surface area contributed by atoms with Crippen LogP contribution < -0.4 is 4.90 Å². The fraction of sp³-hybridized carbons (Fsp3) is 0.278. The highest BCUT2D eigenvalue weighted by Crippen LogP contribution is 2.27. The highest BCUT2D eigenvalue weighted by molar-refractivity contribution is 7.91. The van der Waals surface area contributed by atoms with Gasteiger partial charge in [-0.1, -0.05) is 47.5 Å². The van der Waals surface area contributed by atoms with Gasteiger partial charge in [0, 0.05) is 27.3 Å². The molecule has 7 heteroatoms. The first-order chi connectivity index (χ1) is 11.7. The number of para-hydroxylation sites is 1. The molecule has 2 aromatic carbocycles. The van der Waals surface area contributed by atoms with Gasteiger partial charge in [0.25, 0.3) is 0 Å². The van der Waals surface area contributed by atoms with Crippen LogP contribution in [0.25, 0.3) is 0 Å². The van der Waals surface area contributed by atoms with E-state index in [2.05, 4.69) is 0 Å². The van der Waals surface area contributed by atoms with Crippen molar-refractivity contribution in [2.45, 2.75) is 25.6 Å². The smallest absolute Gasteiger partial charge is 0.242 e. The van der Waals surface area contributed by atoms with E-state index in [1.165, 1.54) is 4.90 Å². The van der Waals surface area contributed by atoms with E-state index < -0.39 is 21.5 Å². The molecule has 2 aromatic rings. The number of nitrogens with zero attached hydrogens (tertiary/aromatic N) is 1. The fourth-order valence-corrected chi connectivity index (χ4v) is 4.58. The monoisotopic (exact) mass is 399 g/mol. The fourth-order valence-electron chi connectivity index (χ4n) is 2.52. The quantitative estimate of drug-likeness (QED) is 0.725.